The number of methoxy groups -OCH3 is 1. The number of ether oxygens (including phenoxy) is 2. The number of halogens is 1. The van der Waals surface area contributed by atoms with Gasteiger partial charge in [0.15, 0.2) is 5.75 Å². The van der Waals surface area contributed by atoms with E-state index in [2.05, 4.69) is 20.7 Å². The van der Waals surface area contributed by atoms with Gasteiger partial charge in [0.05, 0.1) is 12.0 Å². The number of hydrogen-bond acceptors (Lipinski definition) is 6. The molecule has 0 radical (unpaired) electrons. The normalized spacial score (nSPS) is 13.5. The van der Waals surface area contributed by atoms with Crippen LogP contribution in [0.15, 0.2) is 22.7 Å². The molecule has 104 valence electrons. The highest BCUT2D eigenvalue weighted by Crippen LogP contribution is 2.30. The van der Waals surface area contributed by atoms with Crippen LogP contribution in [0, 0.1) is 10.1 Å². The van der Waals surface area contributed by atoms with Crippen LogP contribution in [-0.2, 0) is 9.53 Å². The van der Waals surface area contributed by atoms with Crippen LogP contribution >= 0.6 is 15.9 Å². The Kier molecular flexibility index (Phi) is 4.84. The quantitative estimate of drug-likeness (QED) is 0.499. The fourth-order valence-corrected chi connectivity index (χ4v) is 1.62. The highest BCUT2D eigenvalue weighted by atomic mass is 79.9. The molecule has 0 fully saturated rings. The van der Waals surface area contributed by atoms with Crippen LogP contribution in [0.5, 0.6) is 5.75 Å². The van der Waals surface area contributed by atoms with Crippen LogP contribution in [0.4, 0.5) is 5.69 Å². The first-order valence-electron chi connectivity index (χ1n) is 5.22. The predicted octanol–water partition coefficient (Wildman–Crippen LogP) is 1.63. The van der Waals surface area contributed by atoms with E-state index >= 15 is 0 Å². The summed E-state index contributed by atoms with van der Waals surface area (Å²) in [6, 6.07) is 4.32. The summed E-state index contributed by atoms with van der Waals surface area (Å²) in [6.07, 6.45) is 0. The summed E-state index contributed by atoms with van der Waals surface area (Å²) in [4.78, 5) is 21.7. The van der Waals surface area contributed by atoms with Crippen LogP contribution < -0.4 is 10.5 Å². The maximum atomic E-state index is 11.4. The molecule has 1 unspecified atom stereocenters. The first kappa shape index (κ1) is 15.4. The van der Waals surface area contributed by atoms with Crippen LogP contribution in [-0.4, -0.2) is 30.1 Å². The average molecular weight is 333 g/mol. The zero-order valence-electron chi connectivity index (χ0n) is 10.4. The highest BCUT2D eigenvalue weighted by Gasteiger charge is 2.31. The Bertz CT molecular complexity index is 504. The Hall–Kier alpha value is -1.67. The molecule has 0 aliphatic carbocycles. The molecule has 2 N–H and O–H groups in total. The highest BCUT2D eigenvalue weighted by molar-refractivity contribution is 9.10. The third-order valence-electron chi connectivity index (χ3n) is 2.30. The van der Waals surface area contributed by atoms with Gasteiger partial charge in [-0.05, 0) is 19.1 Å². The molecule has 19 heavy (non-hydrogen) atoms. The van der Waals surface area contributed by atoms with E-state index in [4.69, 9.17) is 10.5 Å². The van der Waals surface area contributed by atoms with Crippen molar-refractivity contribution in [2.45, 2.75) is 12.5 Å². The molecule has 0 spiro atoms. The van der Waals surface area contributed by atoms with Crippen molar-refractivity contribution in [1.29, 1.82) is 0 Å². The van der Waals surface area contributed by atoms with Crippen molar-refractivity contribution < 1.29 is 19.2 Å². The van der Waals surface area contributed by atoms with Crippen LogP contribution in [0.1, 0.15) is 6.92 Å². The number of nitrogens with two attached hydrogens (primary N) is 1. The topological polar surface area (TPSA) is 105 Å². The number of esters is 1. The van der Waals surface area contributed by atoms with Crippen molar-refractivity contribution in [2.75, 3.05) is 13.7 Å². The van der Waals surface area contributed by atoms with E-state index in [9.17, 15) is 14.9 Å². The van der Waals surface area contributed by atoms with Crippen molar-refractivity contribution in [3.63, 3.8) is 0 Å². The molecule has 0 bridgehead atoms. The lowest BCUT2D eigenvalue weighted by molar-refractivity contribution is -0.386. The zero-order chi connectivity index (χ0) is 14.6. The first-order valence-corrected chi connectivity index (χ1v) is 6.01. The van der Waals surface area contributed by atoms with E-state index in [0.29, 0.717) is 4.47 Å². The van der Waals surface area contributed by atoms with Crippen LogP contribution in [0.2, 0.25) is 0 Å². The lowest BCUT2D eigenvalue weighted by Gasteiger charge is -2.21. The fraction of sp³-hybridized carbons (Fsp3) is 0.364. The molecule has 1 atom stereocenters. The number of rotatable bonds is 5. The van der Waals surface area contributed by atoms with Gasteiger partial charge in [0, 0.05) is 10.5 Å². The predicted molar refractivity (Wildman–Crippen MR) is 70.9 cm³/mol. The first-order chi connectivity index (χ1) is 8.77. The molecule has 1 aromatic rings. The minimum absolute atomic E-state index is 0.0359. The van der Waals surface area contributed by atoms with Crippen molar-refractivity contribution in [3.05, 3.63) is 32.8 Å². The van der Waals surface area contributed by atoms with E-state index < -0.39 is 16.4 Å². The van der Waals surface area contributed by atoms with Gasteiger partial charge in [-0.15, -0.1) is 0 Å². The van der Waals surface area contributed by atoms with Crippen LogP contribution in [0.3, 0.4) is 0 Å². The summed E-state index contributed by atoms with van der Waals surface area (Å²) in [6.45, 7) is 1.19. The Morgan fingerprint density at radius 2 is 2.21 bits per heavy atom. The largest absolute Gasteiger partial charge is 0.484 e. The number of nitrogens with zero attached hydrogens (tertiary/aromatic N) is 1. The standard InChI is InChI=1S/C11H13BrN2O5/c1-11(13,10(15)18-2)6-19-9-4-3-7(12)5-8(9)14(16)17/h3-5H,6,13H2,1-2H3. The van der Waals surface area contributed by atoms with Gasteiger partial charge in [-0.25, -0.2) is 4.79 Å². The summed E-state index contributed by atoms with van der Waals surface area (Å²) in [7, 11) is 1.20. The molecule has 0 saturated carbocycles. The van der Waals surface area contributed by atoms with Crippen molar-refractivity contribution in [3.8, 4) is 5.75 Å². The molecule has 0 heterocycles. The lowest BCUT2D eigenvalue weighted by Crippen LogP contribution is -2.50. The minimum Gasteiger partial charge on any atom is -0.484 e. The monoisotopic (exact) mass is 332 g/mol. The smallest absolute Gasteiger partial charge is 0.329 e. The molecule has 0 amide bonds. The number of benzene rings is 1. The van der Waals surface area contributed by atoms with E-state index in [-0.39, 0.29) is 18.0 Å². The van der Waals surface area contributed by atoms with Crippen LogP contribution in [0.25, 0.3) is 0 Å². The van der Waals surface area contributed by atoms with E-state index in [1.165, 1.54) is 26.2 Å². The summed E-state index contributed by atoms with van der Waals surface area (Å²) >= 11 is 3.13. The average Bonchev–Trinajstić information content (AvgIpc) is 2.36. The molecule has 1 aromatic carbocycles. The number of nitro benzene ring substituents is 1. The Morgan fingerprint density at radius 3 is 2.74 bits per heavy atom. The Morgan fingerprint density at radius 1 is 1.58 bits per heavy atom. The Labute approximate surface area is 118 Å². The molecule has 0 aliphatic rings. The molecular weight excluding hydrogens is 320 g/mol. The number of hydrogen-bond donors (Lipinski definition) is 1. The van der Waals surface area contributed by atoms with Crippen molar-refractivity contribution in [2.24, 2.45) is 5.73 Å². The van der Waals surface area contributed by atoms with Crippen molar-refractivity contribution >= 4 is 27.6 Å². The molecule has 8 heteroatoms. The van der Waals surface area contributed by atoms with Gasteiger partial charge in [0.1, 0.15) is 12.1 Å². The van der Waals surface area contributed by atoms with Gasteiger partial charge >= 0.3 is 11.7 Å². The van der Waals surface area contributed by atoms with Crippen molar-refractivity contribution in [1.82, 2.24) is 0 Å². The molecule has 0 aromatic heterocycles. The summed E-state index contributed by atoms with van der Waals surface area (Å²) < 4.78 is 10.3. The maximum Gasteiger partial charge on any atom is 0.329 e. The van der Waals surface area contributed by atoms with Gasteiger partial charge in [0.25, 0.3) is 0 Å². The summed E-state index contributed by atoms with van der Waals surface area (Å²) in [5.41, 5.74) is 4.10. The summed E-state index contributed by atoms with van der Waals surface area (Å²) in [5.74, 6) is -0.624. The van der Waals surface area contributed by atoms with E-state index in [1.54, 1.807) is 6.07 Å². The second-order valence-electron chi connectivity index (χ2n) is 4.07. The second-order valence-corrected chi connectivity index (χ2v) is 4.98. The van der Waals surface area contributed by atoms with Gasteiger partial charge in [-0.1, -0.05) is 15.9 Å². The second kappa shape index (κ2) is 5.98. The SMILES string of the molecule is COC(=O)C(C)(N)COc1ccc(Br)cc1[N+](=O)[O-]. The maximum absolute atomic E-state index is 11.4. The minimum atomic E-state index is -1.38. The molecule has 7 nitrogen and oxygen atoms in total. The summed E-state index contributed by atoms with van der Waals surface area (Å²) in [5, 5.41) is 10.9. The number of carbonyl (C=O) groups is 1. The molecule has 0 aliphatic heterocycles. The fourth-order valence-electron chi connectivity index (χ4n) is 1.28. The van der Waals surface area contributed by atoms with E-state index in [0.717, 1.165) is 0 Å². The zero-order valence-corrected chi connectivity index (χ0v) is 12.0. The van der Waals surface area contributed by atoms with Gasteiger partial charge in [-0.2, -0.15) is 0 Å². The molecular formula is C11H13BrN2O5. The number of nitro groups is 1. The third-order valence-corrected chi connectivity index (χ3v) is 2.79. The molecule has 1 rings (SSSR count). The molecule has 0 saturated heterocycles. The Balaban J connectivity index is 2.89. The van der Waals surface area contributed by atoms with Gasteiger partial charge in [-0.3, -0.25) is 10.1 Å². The van der Waals surface area contributed by atoms with Gasteiger partial charge in [0.2, 0.25) is 0 Å². The number of carbonyl (C=O) groups excluding carboxylic acids is 1. The lowest BCUT2D eigenvalue weighted by atomic mass is 10.1. The van der Waals surface area contributed by atoms with Gasteiger partial charge < -0.3 is 15.2 Å². The van der Waals surface area contributed by atoms with E-state index in [1.807, 2.05) is 0 Å². The third kappa shape index (κ3) is 3.90.